The highest BCUT2D eigenvalue weighted by Crippen LogP contribution is 2.47. The second-order valence-corrected chi connectivity index (χ2v) is 8.89. The zero-order valence-electron chi connectivity index (χ0n) is 18.5. The van der Waals surface area contributed by atoms with Crippen LogP contribution < -0.4 is 0 Å². The van der Waals surface area contributed by atoms with Gasteiger partial charge in [0, 0.05) is 12.5 Å². The maximum atomic E-state index is 13.7. The molecule has 1 atom stereocenters. The van der Waals surface area contributed by atoms with Gasteiger partial charge in [-0.1, -0.05) is 86.8 Å². The van der Waals surface area contributed by atoms with Crippen LogP contribution in [0.5, 0.6) is 0 Å². The fourth-order valence-corrected chi connectivity index (χ4v) is 5.50. The van der Waals surface area contributed by atoms with E-state index in [0.29, 0.717) is 19.6 Å². The van der Waals surface area contributed by atoms with Gasteiger partial charge in [-0.3, -0.25) is 4.79 Å². The number of nitrogens with zero attached hydrogens (tertiary/aromatic N) is 1. The maximum absolute atomic E-state index is 13.7. The molecule has 31 heavy (non-hydrogen) atoms. The molecule has 1 heterocycles. The number of rotatable bonds is 6. The van der Waals surface area contributed by atoms with Gasteiger partial charge >= 0.3 is 5.97 Å². The molecule has 2 fully saturated rings. The summed E-state index contributed by atoms with van der Waals surface area (Å²) < 4.78 is 5.71. The molecule has 0 spiro atoms. The van der Waals surface area contributed by atoms with E-state index in [1.165, 1.54) is 6.42 Å². The zero-order chi connectivity index (χ0) is 21.7. The van der Waals surface area contributed by atoms with Crippen LogP contribution in [0.15, 0.2) is 60.7 Å². The molecular weight excluding hydrogens is 386 g/mol. The highest BCUT2D eigenvalue weighted by Gasteiger charge is 2.56. The fourth-order valence-electron chi connectivity index (χ4n) is 5.50. The zero-order valence-corrected chi connectivity index (χ0v) is 18.5. The number of hydrogen-bond donors (Lipinski definition) is 0. The van der Waals surface area contributed by atoms with Crippen molar-refractivity contribution in [2.45, 2.75) is 63.3 Å². The second-order valence-electron chi connectivity index (χ2n) is 8.89. The molecule has 1 saturated carbocycles. The molecule has 0 radical (unpaired) electrons. The Morgan fingerprint density at radius 3 is 2.06 bits per heavy atom. The summed E-state index contributed by atoms with van der Waals surface area (Å²) in [6.45, 7) is 2.94. The molecule has 0 bridgehead atoms. The fraction of sp³-hybridized carbons (Fsp3) is 0.481. The van der Waals surface area contributed by atoms with Crippen molar-refractivity contribution in [2.24, 2.45) is 5.92 Å². The number of amides is 1. The lowest BCUT2D eigenvalue weighted by Gasteiger charge is -2.38. The predicted molar refractivity (Wildman–Crippen MR) is 122 cm³/mol. The number of benzene rings is 2. The summed E-state index contributed by atoms with van der Waals surface area (Å²) in [7, 11) is 0. The van der Waals surface area contributed by atoms with E-state index in [-0.39, 0.29) is 17.8 Å². The topological polar surface area (TPSA) is 46.6 Å². The van der Waals surface area contributed by atoms with Crippen LogP contribution in [0.2, 0.25) is 0 Å². The smallest absolute Gasteiger partial charge is 0.330 e. The number of hydrogen-bond acceptors (Lipinski definition) is 3. The molecule has 2 aromatic rings. The molecule has 1 amide bonds. The van der Waals surface area contributed by atoms with Gasteiger partial charge in [0.2, 0.25) is 5.91 Å². The van der Waals surface area contributed by atoms with Gasteiger partial charge < -0.3 is 9.64 Å². The highest BCUT2D eigenvalue weighted by molar-refractivity contribution is 5.89. The van der Waals surface area contributed by atoms with Gasteiger partial charge in [0.1, 0.15) is 6.04 Å². The van der Waals surface area contributed by atoms with E-state index in [1.54, 1.807) is 0 Å². The van der Waals surface area contributed by atoms with E-state index >= 15 is 0 Å². The third kappa shape index (κ3) is 4.13. The van der Waals surface area contributed by atoms with E-state index in [0.717, 1.165) is 43.2 Å². The van der Waals surface area contributed by atoms with E-state index in [9.17, 15) is 9.59 Å². The standard InChI is InChI=1S/C27H33NO3/c1-2-20-31-26(30)24-27(22-14-8-4-9-15-22,23-16-10-5-11-17-23)18-19-28(24)25(29)21-12-6-3-7-13-21/h4-5,8-11,14-17,21,24H,2-3,6-7,12-13,18-20H2,1H3/t24-/m1/s1. The third-order valence-corrected chi connectivity index (χ3v) is 7.01. The minimum absolute atomic E-state index is 0.0255. The molecule has 1 saturated heterocycles. The van der Waals surface area contributed by atoms with Crippen molar-refractivity contribution in [3.63, 3.8) is 0 Å². The molecule has 2 aromatic carbocycles. The Kier molecular flexibility index (Phi) is 6.74. The predicted octanol–water partition coefficient (Wildman–Crippen LogP) is 5.11. The molecular formula is C27H33NO3. The van der Waals surface area contributed by atoms with Crippen molar-refractivity contribution in [3.8, 4) is 0 Å². The van der Waals surface area contributed by atoms with Crippen molar-refractivity contribution in [2.75, 3.05) is 13.2 Å². The Labute approximate surface area is 185 Å². The van der Waals surface area contributed by atoms with Crippen molar-refractivity contribution >= 4 is 11.9 Å². The summed E-state index contributed by atoms with van der Waals surface area (Å²) in [6, 6.07) is 19.7. The quantitative estimate of drug-likeness (QED) is 0.612. The van der Waals surface area contributed by atoms with Crippen LogP contribution >= 0.6 is 0 Å². The molecule has 0 aromatic heterocycles. The van der Waals surface area contributed by atoms with E-state index in [4.69, 9.17) is 4.74 Å². The van der Waals surface area contributed by atoms with E-state index in [1.807, 2.05) is 48.2 Å². The summed E-state index contributed by atoms with van der Waals surface area (Å²) in [4.78, 5) is 29.1. The average Bonchev–Trinajstić information content (AvgIpc) is 3.25. The van der Waals surface area contributed by atoms with E-state index < -0.39 is 11.5 Å². The van der Waals surface area contributed by atoms with Gasteiger partial charge in [-0.05, 0) is 36.8 Å². The minimum Gasteiger partial charge on any atom is -0.464 e. The lowest BCUT2D eigenvalue weighted by atomic mass is 9.69. The van der Waals surface area contributed by atoms with E-state index in [2.05, 4.69) is 24.3 Å². The first-order chi connectivity index (χ1) is 15.2. The molecule has 2 aliphatic rings. The normalized spacial score (nSPS) is 21.1. The summed E-state index contributed by atoms with van der Waals surface area (Å²) in [5, 5.41) is 0. The van der Waals surface area contributed by atoms with Gasteiger partial charge in [-0.25, -0.2) is 4.79 Å². The number of carbonyl (C=O) groups is 2. The number of likely N-dealkylation sites (tertiary alicyclic amines) is 1. The van der Waals surface area contributed by atoms with Crippen molar-refractivity contribution in [1.82, 2.24) is 4.90 Å². The number of ether oxygens (including phenoxy) is 1. The summed E-state index contributed by atoms with van der Waals surface area (Å²) >= 11 is 0. The monoisotopic (exact) mass is 419 g/mol. The lowest BCUT2D eigenvalue weighted by Crippen LogP contribution is -2.53. The SMILES string of the molecule is CCCOC(=O)[C@H]1N(C(=O)C2CCCCC2)CCC1(c1ccccc1)c1ccccc1. The third-order valence-electron chi connectivity index (χ3n) is 7.01. The van der Waals surface area contributed by atoms with Crippen molar-refractivity contribution in [1.29, 1.82) is 0 Å². The Morgan fingerprint density at radius 1 is 0.935 bits per heavy atom. The Bertz CT molecular complexity index is 834. The summed E-state index contributed by atoms with van der Waals surface area (Å²) in [5.74, 6) is -0.124. The first-order valence-corrected chi connectivity index (χ1v) is 11.8. The second kappa shape index (κ2) is 9.67. The van der Waals surface area contributed by atoms with Crippen LogP contribution in [0, 0.1) is 5.92 Å². The molecule has 1 aliphatic carbocycles. The Balaban J connectivity index is 1.80. The molecule has 0 N–H and O–H groups in total. The first kappa shape index (κ1) is 21.6. The molecule has 0 unspecified atom stereocenters. The van der Waals surface area contributed by atoms with Gasteiger partial charge in [0.25, 0.3) is 0 Å². The minimum atomic E-state index is -0.640. The molecule has 4 heteroatoms. The Hall–Kier alpha value is -2.62. The van der Waals surface area contributed by atoms with Gasteiger partial charge in [0.15, 0.2) is 0 Å². The lowest BCUT2D eigenvalue weighted by molar-refractivity contribution is -0.156. The van der Waals surface area contributed by atoms with Gasteiger partial charge in [-0.2, -0.15) is 0 Å². The number of carbonyl (C=O) groups excluding carboxylic acids is 2. The Morgan fingerprint density at radius 2 is 1.52 bits per heavy atom. The maximum Gasteiger partial charge on any atom is 0.330 e. The summed E-state index contributed by atoms with van der Waals surface area (Å²) in [5.41, 5.74) is 1.54. The molecule has 4 rings (SSSR count). The van der Waals surface area contributed by atoms with Gasteiger partial charge in [0.05, 0.1) is 12.0 Å². The summed E-state index contributed by atoms with van der Waals surface area (Å²) in [6.07, 6.45) is 6.72. The van der Waals surface area contributed by atoms with Crippen LogP contribution in [0.1, 0.15) is 63.0 Å². The van der Waals surface area contributed by atoms with Crippen molar-refractivity contribution < 1.29 is 14.3 Å². The van der Waals surface area contributed by atoms with Crippen molar-refractivity contribution in [3.05, 3.63) is 71.8 Å². The average molecular weight is 420 g/mol. The van der Waals surface area contributed by atoms with Crippen LogP contribution in [0.4, 0.5) is 0 Å². The largest absolute Gasteiger partial charge is 0.464 e. The van der Waals surface area contributed by atoms with Crippen LogP contribution in [-0.2, 0) is 19.7 Å². The van der Waals surface area contributed by atoms with Crippen LogP contribution in [-0.4, -0.2) is 36.0 Å². The van der Waals surface area contributed by atoms with Crippen LogP contribution in [0.25, 0.3) is 0 Å². The molecule has 4 nitrogen and oxygen atoms in total. The van der Waals surface area contributed by atoms with Crippen LogP contribution in [0.3, 0.4) is 0 Å². The first-order valence-electron chi connectivity index (χ1n) is 11.8. The van der Waals surface area contributed by atoms with Gasteiger partial charge in [-0.15, -0.1) is 0 Å². The number of esters is 1. The molecule has 164 valence electrons. The highest BCUT2D eigenvalue weighted by atomic mass is 16.5. The molecule has 1 aliphatic heterocycles.